The van der Waals surface area contributed by atoms with Crippen LogP contribution in [-0.2, 0) is 0 Å². The molecule has 0 unspecified atom stereocenters. The molecule has 1 aliphatic carbocycles. The lowest BCUT2D eigenvalue weighted by molar-refractivity contribution is 0.0996. The predicted octanol–water partition coefficient (Wildman–Crippen LogP) is 2.00. The van der Waals surface area contributed by atoms with Crippen molar-refractivity contribution in [2.24, 2.45) is 5.73 Å². The Hall–Kier alpha value is -1.09. The van der Waals surface area contributed by atoms with Crippen molar-refractivity contribution in [2.45, 2.75) is 31.9 Å². The van der Waals surface area contributed by atoms with Gasteiger partial charge in [0.2, 0.25) is 0 Å². The summed E-state index contributed by atoms with van der Waals surface area (Å²) in [7, 11) is 0. The number of halogens is 1. The van der Waals surface area contributed by atoms with Crippen molar-refractivity contribution >= 4 is 0 Å². The second-order valence-corrected chi connectivity index (χ2v) is 3.83. The highest BCUT2D eigenvalue weighted by Crippen LogP contribution is 2.27. The zero-order valence-electron chi connectivity index (χ0n) is 8.16. The fraction of sp³-hybridized carbons (Fsp3) is 0.455. The topological polar surface area (TPSA) is 35.2 Å². The molecule has 0 aromatic heterocycles. The van der Waals surface area contributed by atoms with E-state index in [4.69, 9.17) is 10.5 Å². The first-order valence-electron chi connectivity index (χ1n) is 4.84. The van der Waals surface area contributed by atoms with E-state index in [9.17, 15) is 4.39 Å². The number of hydrogen-bond donors (Lipinski definition) is 1. The van der Waals surface area contributed by atoms with Gasteiger partial charge in [0, 0.05) is 11.6 Å². The van der Waals surface area contributed by atoms with Gasteiger partial charge in [0.15, 0.2) is 0 Å². The summed E-state index contributed by atoms with van der Waals surface area (Å²) in [6, 6.07) is 5.15. The molecule has 0 saturated heterocycles. The summed E-state index contributed by atoms with van der Waals surface area (Å²) in [6.07, 6.45) is 1.91. The van der Waals surface area contributed by atoms with Gasteiger partial charge in [-0.2, -0.15) is 0 Å². The molecule has 2 rings (SSSR count). The van der Waals surface area contributed by atoms with Crippen LogP contribution < -0.4 is 10.5 Å². The van der Waals surface area contributed by atoms with Crippen molar-refractivity contribution in [1.29, 1.82) is 0 Å². The Morgan fingerprint density at radius 3 is 2.79 bits per heavy atom. The standard InChI is InChI=1S/C11H14FNO/c1-7-10(12)3-2-4-11(7)14-9-5-8(13)6-9/h2-4,8-9H,5-6,13H2,1H3. The molecule has 1 aromatic rings. The van der Waals surface area contributed by atoms with E-state index in [2.05, 4.69) is 0 Å². The Kier molecular flexibility index (Phi) is 2.42. The van der Waals surface area contributed by atoms with Gasteiger partial charge in [0.25, 0.3) is 0 Å². The molecule has 0 bridgehead atoms. The molecular formula is C11H14FNO. The highest BCUT2D eigenvalue weighted by atomic mass is 19.1. The van der Waals surface area contributed by atoms with E-state index in [0.717, 1.165) is 12.8 Å². The van der Waals surface area contributed by atoms with Crippen molar-refractivity contribution in [3.8, 4) is 5.75 Å². The van der Waals surface area contributed by atoms with Gasteiger partial charge < -0.3 is 10.5 Å². The molecule has 1 aliphatic rings. The van der Waals surface area contributed by atoms with Gasteiger partial charge >= 0.3 is 0 Å². The molecule has 0 aliphatic heterocycles. The van der Waals surface area contributed by atoms with E-state index in [1.165, 1.54) is 6.07 Å². The van der Waals surface area contributed by atoms with Gasteiger partial charge in [0.1, 0.15) is 17.7 Å². The molecule has 14 heavy (non-hydrogen) atoms. The smallest absolute Gasteiger partial charge is 0.129 e. The molecular weight excluding hydrogens is 181 g/mol. The Morgan fingerprint density at radius 1 is 1.43 bits per heavy atom. The first kappa shape index (κ1) is 9.46. The van der Waals surface area contributed by atoms with E-state index < -0.39 is 0 Å². The molecule has 2 N–H and O–H groups in total. The van der Waals surface area contributed by atoms with Crippen LogP contribution in [0.3, 0.4) is 0 Å². The molecule has 2 nitrogen and oxygen atoms in total. The van der Waals surface area contributed by atoms with Crippen LogP contribution >= 0.6 is 0 Å². The second kappa shape index (κ2) is 3.58. The lowest BCUT2D eigenvalue weighted by Crippen LogP contribution is -2.43. The molecule has 0 heterocycles. The first-order chi connectivity index (χ1) is 6.66. The molecule has 3 heteroatoms. The SMILES string of the molecule is Cc1c(F)cccc1OC1CC(N)C1. The third-order valence-electron chi connectivity index (χ3n) is 2.64. The highest BCUT2D eigenvalue weighted by molar-refractivity contribution is 5.33. The second-order valence-electron chi connectivity index (χ2n) is 3.83. The number of nitrogens with two attached hydrogens (primary N) is 1. The van der Waals surface area contributed by atoms with Crippen molar-refractivity contribution in [3.63, 3.8) is 0 Å². The zero-order valence-corrected chi connectivity index (χ0v) is 8.16. The van der Waals surface area contributed by atoms with Crippen LogP contribution in [0.15, 0.2) is 18.2 Å². The van der Waals surface area contributed by atoms with Crippen LogP contribution in [-0.4, -0.2) is 12.1 Å². The first-order valence-corrected chi connectivity index (χ1v) is 4.84. The van der Waals surface area contributed by atoms with Crippen LogP contribution in [0, 0.1) is 12.7 Å². The number of benzene rings is 1. The van der Waals surface area contributed by atoms with Crippen molar-refractivity contribution in [2.75, 3.05) is 0 Å². The monoisotopic (exact) mass is 195 g/mol. The molecule has 1 fully saturated rings. The summed E-state index contributed by atoms with van der Waals surface area (Å²) in [6.45, 7) is 1.73. The van der Waals surface area contributed by atoms with Gasteiger partial charge in [-0.3, -0.25) is 0 Å². The summed E-state index contributed by atoms with van der Waals surface area (Å²) in [5.41, 5.74) is 6.21. The van der Waals surface area contributed by atoms with E-state index in [1.807, 2.05) is 0 Å². The van der Waals surface area contributed by atoms with Crippen LogP contribution in [0.2, 0.25) is 0 Å². The van der Waals surface area contributed by atoms with Gasteiger partial charge in [-0.25, -0.2) is 4.39 Å². The molecule has 0 atom stereocenters. The van der Waals surface area contributed by atoms with E-state index in [1.54, 1.807) is 19.1 Å². The van der Waals surface area contributed by atoms with Gasteiger partial charge in [0.05, 0.1) is 0 Å². The molecule has 76 valence electrons. The van der Waals surface area contributed by atoms with Gasteiger partial charge in [-0.05, 0) is 31.9 Å². The molecule has 0 amide bonds. The Labute approximate surface area is 82.9 Å². The van der Waals surface area contributed by atoms with Crippen LogP contribution in [0.25, 0.3) is 0 Å². The summed E-state index contributed by atoms with van der Waals surface area (Å²) in [5.74, 6) is 0.424. The maximum absolute atomic E-state index is 13.1. The lowest BCUT2D eigenvalue weighted by Gasteiger charge is -2.33. The average molecular weight is 195 g/mol. The molecule has 0 spiro atoms. The zero-order chi connectivity index (χ0) is 10.1. The minimum atomic E-state index is -0.217. The van der Waals surface area contributed by atoms with Crippen LogP contribution in [0.4, 0.5) is 4.39 Å². The minimum absolute atomic E-state index is 0.172. The number of ether oxygens (including phenoxy) is 1. The predicted molar refractivity (Wildman–Crippen MR) is 52.8 cm³/mol. The Morgan fingerprint density at radius 2 is 2.14 bits per heavy atom. The summed E-state index contributed by atoms with van der Waals surface area (Å²) in [4.78, 5) is 0. The summed E-state index contributed by atoms with van der Waals surface area (Å²) < 4.78 is 18.7. The Balaban J connectivity index is 2.06. The van der Waals surface area contributed by atoms with Gasteiger partial charge in [-0.15, -0.1) is 0 Å². The fourth-order valence-electron chi connectivity index (χ4n) is 1.60. The molecule has 0 radical (unpaired) electrons. The quantitative estimate of drug-likeness (QED) is 0.783. The number of hydrogen-bond acceptors (Lipinski definition) is 2. The molecule has 1 aromatic carbocycles. The fourth-order valence-corrected chi connectivity index (χ4v) is 1.60. The number of rotatable bonds is 2. The lowest BCUT2D eigenvalue weighted by atomic mass is 9.90. The van der Waals surface area contributed by atoms with E-state index in [0.29, 0.717) is 11.3 Å². The third-order valence-corrected chi connectivity index (χ3v) is 2.64. The van der Waals surface area contributed by atoms with Crippen molar-refractivity contribution in [1.82, 2.24) is 0 Å². The average Bonchev–Trinajstić information content (AvgIpc) is 2.10. The largest absolute Gasteiger partial charge is 0.490 e. The van der Waals surface area contributed by atoms with Crippen molar-refractivity contribution < 1.29 is 9.13 Å². The van der Waals surface area contributed by atoms with Crippen molar-refractivity contribution in [3.05, 3.63) is 29.6 Å². The summed E-state index contributed by atoms with van der Waals surface area (Å²) >= 11 is 0. The maximum Gasteiger partial charge on any atom is 0.129 e. The van der Waals surface area contributed by atoms with Crippen LogP contribution in [0.5, 0.6) is 5.75 Å². The minimum Gasteiger partial charge on any atom is -0.490 e. The van der Waals surface area contributed by atoms with Crippen LogP contribution in [0.1, 0.15) is 18.4 Å². The molecule has 1 saturated carbocycles. The normalized spacial score (nSPS) is 25.6. The van der Waals surface area contributed by atoms with E-state index in [-0.39, 0.29) is 18.0 Å². The third kappa shape index (κ3) is 1.73. The highest BCUT2D eigenvalue weighted by Gasteiger charge is 2.28. The maximum atomic E-state index is 13.1. The Bertz CT molecular complexity index is 334. The van der Waals surface area contributed by atoms with E-state index >= 15 is 0 Å². The van der Waals surface area contributed by atoms with Gasteiger partial charge in [-0.1, -0.05) is 6.07 Å². The summed E-state index contributed by atoms with van der Waals surface area (Å²) in [5, 5.41) is 0.